The second-order valence-corrected chi connectivity index (χ2v) is 5.20. The third kappa shape index (κ3) is 9.62. The summed E-state index contributed by atoms with van der Waals surface area (Å²) in [6.07, 6.45) is -3.93. The minimum atomic E-state index is -1.54. The number of aliphatic hydroxyl groups is 1. The predicted molar refractivity (Wildman–Crippen MR) is 83.0 cm³/mol. The van der Waals surface area contributed by atoms with Gasteiger partial charge in [0.2, 0.25) is 5.91 Å². The molecule has 4 atom stereocenters. The lowest BCUT2D eigenvalue weighted by atomic mass is 10.0. The maximum atomic E-state index is 11.4. The summed E-state index contributed by atoms with van der Waals surface area (Å²) in [6.45, 7) is 4.54. The van der Waals surface area contributed by atoms with Gasteiger partial charge in [-0.25, -0.2) is 0 Å². The molecule has 0 saturated carbocycles. The molecule has 0 aliphatic rings. The minimum Gasteiger partial charge on any atom is -0.466 e. The topological polar surface area (TPSA) is 137 Å². The molecule has 144 valence electrons. The highest BCUT2D eigenvalue weighted by molar-refractivity contribution is 5.73. The van der Waals surface area contributed by atoms with Crippen LogP contribution >= 0.6 is 0 Å². The number of ether oxygens (including phenoxy) is 4. The van der Waals surface area contributed by atoms with Gasteiger partial charge in [-0.3, -0.25) is 19.2 Å². The Balaban J connectivity index is 5.56. The zero-order chi connectivity index (χ0) is 19.6. The Labute approximate surface area is 145 Å². The summed E-state index contributed by atoms with van der Waals surface area (Å²) in [6, 6.07) is -1.21. The molecule has 0 aromatic carbocycles. The first kappa shape index (κ1) is 22.8. The van der Waals surface area contributed by atoms with E-state index in [0.29, 0.717) is 0 Å². The van der Waals surface area contributed by atoms with E-state index in [9.17, 15) is 24.3 Å². The van der Waals surface area contributed by atoms with Crippen molar-refractivity contribution in [2.24, 2.45) is 0 Å². The van der Waals surface area contributed by atoms with Crippen LogP contribution in [0.25, 0.3) is 0 Å². The van der Waals surface area contributed by atoms with E-state index in [1.165, 1.54) is 21.0 Å². The van der Waals surface area contributed by atoms with Crippen molar-refractivity contribution >= 4 is 23.8 Å². The monoisotopic (exact) mass is 363 g/mol. The SMILES string of the molecule is COC(O)C(NC(C)=O)C(OC(C)=O)C(CCOC(C)=O)OC(C)=O. The average Bonchev–Trinajstić information content (AvgIpc) is 2.47. The predicted octanol–water partition coefficient (Wildman–Crippen LogP) is -0.727. The Bertz CT molecular complexity index is 480. The van der Waals surface area contributed by atoms with Crippen molar-refractivity contribution in [3.05, 3.63) is 0 Å². The number of aliphatic hydroxyl groups excluding tert-OH is 1. The fourth-order valence-corrected chi connectivity index (χ4v) is 2.09. The first-order chi connectivity index (χ1) is 11.6. The van der Waals surface area contributed by atoms with Gasteiger partial charge in [0.25, 0.3) is 0 Å². The van der Waals surface area contributed by atoms with Gasteiger partial charge in [0.1, 0.15) is 12.1 Å². The number of methoxy groups -OCH3 is 1. The van der Waals surface area contributed by atoms with Crippen molar-refractivity contribution in [2.75, 3.05) is 13.7 Å². The molecule has 0 aliphatic heterocycles. The van der Waals surface area contributed by atoms with E-state index in [1.807, 2.05) is 0 Å². The van der Waals surface area contributed by atoms with Gasteiger partial charge in [-0.2, -0.15) is 0 Å². The highest BCUT2D eigenvalue weighted by Crippen LogP contribution is 2.17. The molecule has 0 aromatic rings. The number of rotatable bonds is 10. The highest BCUT2D eigenvalue weighted by atomic mass is 16.6. The third-order valence-corrected chi connectivity index (χ3v) is 2.97. The standard InChI is InChI=1S/C15H25NO9/c1-8(17)16-13(15(21)22-5)14(25-11(4)20)12(24-10(3)19)6-7-23-9(2)18/h12-15,21H,6-7H2,1-5H3,(H,16,17). The molecule has 0 aromatic heterocycles. The lowest BCUT2D eigenvalue weighted by Crippen LogP contribution is -2.57. The van der Waals surface area contributed by atoms with Gasteiger partial charge in [-0.1, -0.05) is 0 Å². The molecule has 0 aliphatic carbocycles. The van der Waals surface area contributed by atoms with Crippen molar-refractivity contribution in [3.63, 3.8) is 0 Å². The van der Waals surface area contributed by atoms with Gasteiger partial charge in [0, 0.05) is 41.2 Å². The quantitative estimate of drug-likeness (QED) is 0.292. The van der Waals surface area contributed by atoms with Gasteiger partial charge in [-0.05, 0) is 0 Å². The van der Waals surface area contributed by atoms with Gasteiger partial charge < -0.3 is 29.4 Å². The maximum absolute atomic E-state index is 11.4. The van der Waals surface area contributed by atoms with Crippen molar-refractivity contribution in [1.82, 2.24) is 5.32 Å². The van der Waals surface area contributed by atoms with Crippen molar-refractivity contribution in [2.45, 2.75) is 58.7 Å². The van der Waals surface area contributed by atoms with Crippen LogP contribution in [0.1, 0.15) is 34.1 Å². The molecule has 0 heterocycles. The first-order valence-electron chi connectivity index (χ1n) is 7.54. The second kappa shape index (κ2) is 11.4. The molecule has 0 saturated heterocycles. The van der Waals surface area contributed by atoms with E-state index in [0.717, 1.165) is 13.8 Å². The number of carbonyl (C=O) groups excluding carboxylic acids is 4. The van der Waals surface area contributed by atoms with E-state index in [2.05, 4.69) is 5.32 Å². The van der Waals surface area contributed by atoms with Gasteiger partial charge in [-0.15, -0.1) is 0 Å². The highest BCUT2D eigenvalue weighted by Gasteiger charge is 2.39. The van der Waals surface area contributed by atoms with Crippen LogP contribution in [-0.4, -0.2) is 67.2 Å². The molecule has 0 bridgehead atoms. The molecule has 0 rings (SSSR count). The fraction of sp³-hybridized carbons (Fsp3) is 0.733. The molecular formula is C15H25NO9. The largest absolute Gasteiger partial charge is 0.466 e. The second-order valence-electron chi connectivity index (χ2n) is 5.20. The van der Waals surface area contributed by atoms with Crippen LogP contribution in [-0.2, 0) is 38.1 Å². The summed E-state index contributed by atoms with van der Waals surface area (Å²) in [5.41, 5.74) is 0. The number of nitrogens with one attached hydrogen (secondary N) is 1. The number of esters is 3. The van der Waals surface area contributed by atoms with Gasteiger partial charge >= 0.3 is 17.9 Å². The summed E-state index contributed by atoms with van der Waals surface area (Å²) < 4.78 is 19.9. The normalized spacial score (nSPS) is 15.3. The molecule has 10 heteroatoms. The molecule has 2 N–H and O–H groups in total. The summed E-state index contributed by atoms with van der Waals surface area (Å²) in [4.78, 5) is 45.1. The van der Waals surface area contributed by atoms with Crippen LogP contribution in [0, 0.1) is 0 Å². The Morgan fingerprint density at radius 1 is 0.960 bits per heavy atom. The smallest absolute Gasteiger partial charge is 0.303 e. The summed E-state index contributed by atoms with van der Waals surface area (Å²) in [5.74, 6) is -2.48. The number of hydrogen-bond acceptors (Lipinski definition) is 9. The number of amides is 1. The Morgan fingerprint density at radius 3 is 1.92 bits per heavy atom. The molecule has 10 nitrogen and oxygen atoms in total. The molecular weight excluding hydrogens is 338 g/mol. The van der Waals surface area contributed by atoms with Crippen molar-refractivity contribution < 1.29 is 43.2 Å². The van der Waals surface area contributed by atoms with Crippen LogP contribution in [0.3, 0.4) is 0 Å². The Morgan fingerprint density at radius 2 is 1.52 bits per heavy atom. The van der Waals surface area contributed by atoms with Gasteiger partial charge in [0.05, 0.1) is 6.61 Å². The van der Waals surface area contributed by atoms with Crippen molar-refractivity contribution in [3.8, 4) is 0 Å². The number of hydrogen-bond donors (Lipinski definition) is 2. The lowest BCUT2D eigenvalue weighted by Gasteiger charge is -2.34. The molecule has 0 radical (unpaired) electrons. The van der Waals surface area contributed by atoms with E-state index < -0.39 is 48.4 Å². The summed E-state index contributed by atoms with van der Waals surface area (Å²) >= 11 is 0. The van der Waals surface area contributed by atoms with Crippen LogP contribution in [0.2, 0.25) is 0 Å². The van der Waals surface area contributed by atoms with Crippen molar-refractivity contribution in [1.29, 1.82) is 0 Å². The van der Waals surface area contributed by atoms with E-state index >= 15 is 0 Å². The zero-order valence-corrected chi connectivity index (χ0v) is 14.9. The Hall–Kier alpha value is -2.20. The third-order valence-electron chi connectivity index (χ3n) is 2.97. The number of carbonyl (C=O) groups is 4. The molecule has 0 fully saturated rings. The molecule has 25 heavy (non-hydrogen) atoms. The van der Waals surface area contributed by atoms with E-state index in [1.54, 1.807) is 0 Å². The molecule has 0 spiro atoms. The van der Waals surface area contributed by atoms with Crippen LogP contribution in [0.5, 0.6) is 0 Å². The van der Waals surface area contributed by atoms with Crippen LogP contribution in [0.4, 0.5) is 0 Å². The van der Waals surface area contributed by atoms with Crippen LogP contribution in [0.15, 0.2) is 0 Å². The summed E-state index contributed by atoms with van der Waals surface area (Å²) in [5, 5.41) is 12.4. The minimum absolute atomic E-state index is 0.0242. The maximum Gasteiger partial charge on any atom is 0.303 e. The summed E-state index contributed by atoms with van der Waals surface area (Å²) in [7, 11) is 1.18. The average molecular weight is 363 g/mol. The lowest BCUT2D eigenvalue weighted by molar-refractivity contribution is -0.185. The molecule has 4 unspecified atom stereocenters. The zero-order valence-electron chi connectivity index (χ0n) is 14.9. The van der Waals surface area contributed by atoms with E-state index in [-0.39, 0.29) is 13.0 Å². The molecule has 1 amide bonds. The first-order valence-corrected chi connectivity index (χ1v) is 7.54. The Kier molecular flexibility index (Phi) is 10.4. The van der Waals surface area contributed by atoms with Gasteiger partial charge in [0.15, 0.2) is 12.4 Å². The fourth-order valence-electron chi connectivity index (χ4n) is 2.09. The van der Waals surface area contributed by atoms with E-state index in [4.69, 9.17) is 18.9 Å². The van der Waals surface area contributed by atoms with Crippen LogP contribution < -0.4 is 5.32 Å².